The highest BCUT2D eigenvalue weighted by molar-refractivity contribution is 6.30. The average Bonchev–Trinajstić information content (AvgIpc) is 3.69. The number of rotatable bonds is 7. The molecular weight excluding hydrogens is 518 g/mol. The monoisotopic (exact) mass is 553 g/mol. The molecule has 8 nitrogen and oxygen atoms in total. The Morgan fingerprint density at radius 1 is 0.974 bits per heavy atom. The number of hydrogen-bond acceptors (Lipinski definition) is 6. The molecule has 0 saturated heterocycles. The summed E-state index contributed by atoms with van der Waals surface area (Å²) in [5.74, 6) is -0.992. The minimum Gasteiger partial charge on any atom is -0.480 e. The fourth-order valence-electron chi connectivity index (χ4n) is 3.99. The highest BCUT2D eigenvalue weighted by Gasteiger charge is 2.60. The number of nitrogens with zero attached hydrogens (tertiary/aromatic N) is 1. The molecule has 1 amide bonds. The molecule has 3 aromatic rings. The lowest BCUT2D eigenvalue weighted by atomic mass is 10.0. The van der Waals surface area contributed by atoms with E-state index in [-0.39, 0.29) is 11.8 Å². The summed E-state index contributed by atoms with van der Waals surface area (Å²) in [6, 6.07) is 23.8. The first kappa shape index (κ1) is 33.2. The molecule has 0 bridgehead atoms. The molecule has 3 aromatic carbocycles. The third kappa shape index (κ3) is 9.76. The molecule has 1 aliphatic rings. The van der Waals surface area contributed by atoms with E-state index in [2.05, 4.69) is 41.8 Å². The topological polar surface area (TPSA) is 116 Å². The number of likely N-dealkylation sites (N-methyl/N-ethyl adjacent to an activating group) is 2. The highest BCUT2D eigenvalue weighted by Crippen LogP contribution is 2.51. The van der Waals surface area contributed by atoms with Crippen LogP contribution in [0.3, 0.4) is 0 Å². The van der Waals surface area contributed by atoms with Gasteiger partial charge in [0.05, 0.1) is 6.54 Å². The number of carbonyl (C=O) groups excluding carboxylic acids is 3. The summed E-state index contributed by atoms with van der Waals surface area (Å²) in [5.41, 5.74) is 4.46. The Labute approximate surface area is 235 Å². The van der Waals surface area contributed by atoms with Gasteiger partial charge in [0.1, 0.15) is 19.1 Å². The maximum atomic E-state index is 11.8. The number of carbonyl (C=O) groups is 4. The van der Waals surface area contributed by atoms with E-state index >= 15 is 0 Å². The summed E-state index contributed by atoms with van der Waals surface area (Å²) in [6.45, 7) is 6.40. The highest BCUT2D eigenvalue weighted by atomic mass is 35.5. The number of halogens is 1. The van der Waals surface area contributed by atoms with E-state index in [0.717, 1.165) is 10.6 Å². The van der Waals surface area contributed by atoms with Crippen LogP contribution in [-0.2, 0) is 19.2 Å². The zero-order valence-electron chi connectivity index (χ0n) is 22.7. The second-order valence-corrected chi connectivity index (χ2v) is 9.50. The molecular formula is C30H36ClN3O5. The van der Waals surface area contributed by atoms with E-state index in [1.807, 2.05) is 70.1 Å². The minimum absolute atomic E-state index is 0.0642. The van der Waals surface area contributed by atoms with Crippen LogP contribution in [0.4, 0.5) is 5.69 Å². The van der Waals surface area contributed by atoms with Gasteiger partial charge in [-0.1, -0.05) is 65.7 Å². The van der Waals surface area contributed by atoms with E-state index in [1.165, 1.54) is 16.7 Å². The smallest absolute Gasteiger partial charge is 0.324 e. The van der Waals surface area contributed by atoms with Crippen LogP contribution in [0.5, 0.6) is 0 Å². The molecule has 208 valence electrons. The van der Waals surface area contributed by atoms with Crippen LogP contribution in [0.2, 0.25) is 5.02 Å². The van der Waals surface area contributed by atoms with Crippen molar-refractivity contribution in [1.29, 1.82) is 0 Å². The largest absolute Gasteiger partial charge is 0.480 e. The van der Waals surface area contributed by atoms with Gasteiger partial charge in [-0.25, -0.2) is 0 Å². The van der Waals surface area contributed by atoms with Crippen molar-refractivity contribution >= 4 is 42.7 Å². The molecule has 0 aliphatic heterocycles. The Bertz CT molecular complexity index is 1160. The summed E-state index contributed by atoms with van der Waals surface area (Å²) in [4.78, 5) is 40.9. The van der Waals surface area contributed by atoms with Crippen LogP contribution in [0, 0.1) is 6.92 Å². The normalized spacial score (nSPS) is 16.7. The summed E-state index contributed by atoms with van der Waals surface area (Å²) in [6.07, 6.45) is 0.563. The fraction of sp³-hybridized carbons (Fsp3) is 0.267. The number of carboxylic acid groups (broad SMARTS) is 1. The molecule has 2 atom stereocenters. The summed E-state index contributed by atoms with van der Waals surface area (Å²) in [7, 11) is 5.32. The number of nitrogens with one attached hydrogen (secondary N) is 2. The van der Waals surface area contributed by atoms with Crippen molar-refractivity contribution in [2.45, 2.75) is 24.8 Å². The van der Waals surface area contributed by atoms with Crippen LogP contribution in [0.15, 0.2) is 72.8 Å². The molecule has 0 radical (unpaired) electrons. The van der Waals surface area contributed by atoms with Crippen molar-refractivity contribution in [3.63, 3.8) is 0 Å². The Hall–Kier alpha value is -3.85. The van der Waals surface area contributed by atoms with Crippen molar-refractivity contribution < 1.29 is 24.3 Å². The van der Waals surface area contributed by atoms with Gasteiger partial charge >= 0.3 is 5.97 Å². The molecule has 1 saturated carbocycles. The van der Waals surface area contributed by atoms with Gasteiger partial charge in [-0.05, 0) is 75.4 Å². The van der Waals surface area contributed by atoms with Gasteiger partial charge in [0.15, 0.2) is 0 Å². The predicted molar refractivity (Wildman–Crippen MR) is 156 cm³/mol. The second kappa shape index (κ2) is 16.2. The Balaban J connectivity index is 0.000000366. The number of aliphatic carboxylic acids is 1. The molecule has 3 N–H and O–H groups in total. The molecule has 2 unspecified atom stereocenters. The van der Waals surface area contributed by atoms with Gasteiger partial charge in [-0.15, -0.1) is 0 Å². The number of benzene rings is 3. The summed E-state index contributed by atoms with van der Waals surface area (Å²) in [5, 5.41) is 15.8. The average molecular weight is 554 g/mol. The van der Waals surface area contributed by atoms with Gasteiger partial charge < -0.3 is 30.2 Å². The van der Waals surface area contributed by atoms with Crippen molar-refractivity contribution in [2.75, 3.05) is 33.0 Å². The molecule has 9 heteroatoms. The third-order valence-electron chi connectivity index (χ3n) is 6.05. The molecule has 1 aliphatic carbocycles. The number of anilines is 1. The Morgan fingerprint density at radius 3 is 1.97 bits per heavy atom. The van der Waals surface area contributed by atoms with E-state index < -0.39 is 11.5 Å². The number of amides is 1. The van der Waals surface area contributed by atoms with Crippen molar-refractivity contribution in [1.82, 2.24) is 10.2 Å². The standard InChI is InChI=1S/C15H21N3O3.C13H11Cl.2CH2O/c1-16-15(14(20)21)8-12(15)10-5-4-6-11(7-10)17-13(19)9-18(2)3;1-10-2-4-11(5-3-10)12-6-8-13(14)9-7-12;2*1-2/h4-7,12,16H,8-9H2,1-3H3,(H,17,19)(H,20,21);2-9H,1H3;2*1H2. The zero-order valence-corrected chi connectivity index (χ0v) is 23.5. The van der Waals surface area contributed by atoms with Crippen LogP contribution in [-0.4, -0.2) is 68.7 Å². The van der Waals surface area contributed by atoms with Crippen molar-refractivity contribution in [3.8, 4) is 11.1 Å². The maximum Gasteiger partial charge on any atom is 0.324 e. The number of hydrogen-bond donors (Lipinski definition) is 3. The van der Waals surface area contributed by atoms with Gasteiger partial charge in [0.2, 0.25) is 5.91 Å². The van der Waals surface area contributed by atoms with Crippen LogP contribution >= 0.6 is 11.6 Å². The van der Waals surface area contributed by atoms with E-state index in [4.69, 9.17) is 21.2 Å². The molecule has 4 rings (SSSR count). The van der Waals surface area contributed by atoms with E-state index in [9.17, 15) is 14.7 Å². The van der Waals surface area contributed by atoms with Crippen LogP contribution in [0.25, 0.3) is 11.1 Å². The van der Waals surface area contributed by atoms with Crippen molar-refractivity contribution in [3.05, 3.63) is 88.9 Å². The lowest BCUT2D eigenvalue weighted by molar-refractivity contribution is -0.140. The van der Waals surface area contributed by atoms with E-state index in [0.29, 0.717) is 18.7 Å². The minimum atomic E-state index is -0.869. The molecule has 0 heterocycles. The second-order valence-electron chi connectivity index (χ2n) is 9.07. The summed E-state index contributed by atoms with van der Waals surface area (Å²) >= 11 is 5.82. The fourth-order valence-corrected chi connectivity index (χ4v) is 4.12. The third-order valence-corrected chi connectivity index (χ3v) is 6.30. The van der Waals surface area contributed by atoms with Gasteiger partial charge in [0.25, 0.3) is 0 Å². The van der Waals surface area contributed by atoms with Crippen LogP contribution < -0.4 is 10.6 Å². The first-order valence-electron chi connectivity index (χ1n) is 12.0. The first-order chi connectivity index (χ1) is 18.6. The van der Waals surface area contributed by atoms with Gasteiger partial charge in [-0.3, -0.25) is 9.59 Å². The molecule has 39 heavy (non-hydrogen) atoms. The first-order valence-corrected chi connectivity index (χ1v) is 12.4. The number of carboxylic acids is 1. The molecule has 1 fully saturated rings. The van der Waals surface area contributed by atoms with Gasteiger partial charge in [-0.2, -0.15) is 0 Å². The number of aryl methyl sites for hydroxylation is 1. The lowest BCUT2D eigenvalue weighted by Crippen LogP contribution is -2.38. The maximum absolute atomic E-state index is 11.8. The van der Waals surface area contributed by atoms with Crippen LogP contribution in [0.1, 0.15) is 23.5 Å². The predicted octanol–water partition coefficient (Wildman–Crippen LogP) is 4.66. The SMILES string of the molecule is C=O.C=O.CNC1(C(=O)O)CC1c1cccc(NC(=O)CN(C)C)c1.Cc1ccc(-c2ccc(Cl)cc2)cc1. The quantitative estimate of drug-likeness (QED) is 0.389. The summed E-state index contributed by atoms with van der Waals surface area (Å²) < 4.78 is 0. The van der Waals surface area contributed by atoms with Crippen molar-refractivity contribution in [2.24, 2.45) is 0 Å². The zero-order chi connectivity index (χ0) is 29.6. The Morgan fingerprint density at radius 2 is 1.51 bits per heavy atom. The van der Waals surface area contributed by atoms with Gasteiger partial charge in [0, 0.05) is 16.6 Å². The molecule has 0 aromatic heterocycles. The Kier molecular flexibility index (Phi) is 13.8. The lowest BCUT2D eigenvalue weighted by Gasteiger charge is -2.13. The van der Waals surface area contributed by atoms with E-state index in [1.54, 1.807) is 18.0 Å². The molecule has 0 spiro atoms.